The number of hydrogen-bond donors (Lipinski definition) is 1. The highest BCUT2D eigenvalue weighted by Gasteiger charge is 2.28. The second-order valence-corrected chi connectivity index (χ2v) is 6.50. The zero-order chi connectivity index (χ0) is 16.9. The summed E-state index contributed by atoms with van der Waals surface area (Å²) in [6, 6.07) is 6.71. The van der Waals surface area contributed by atoms with Gasteiger partial charge in [0.25, 0.3) is 5.91 Å². The summed E-state index contributed by atoms with van der Waals surface area (Å²) in [6.45, 7) is 4.14. The third-order valence-electron chi connectivity index (χ3n) is 4.39. The van der Waals surface area contributed by atoms with Crippen LogP contribution in [0.25, 0.3) is 0 Å². The number of morpholine rings is 1. The van der Waals surface area contributed by atoms with Crippen molar-refractivity contribution in [2.45, 2.75) is 12.5 Å². The maximum Gasteiger partial charge on any atom is 0.253 e. The monoisotopic (exact) mass is 351 g/mol. The van der Waals surface area contributed by atoms with Crippen LogP contribution in [0.5, 0.6) is 0 Å². The van der Waals surface area contributed by atoms with Gasteiger partial charge in [-0.2, -0.15) is 0 Å². The summed E-state index contributed by atoms with van der Waals surface area (Å²) in [7, 11) is 0. The van der Waals surface area contributed by atoms with E-state index in [2.05, 4.69) is 5.32 Å². The van der Waals surface area contributed by atoms with Gasteiger partial charge in [0.2, 0.25) is 5.91 Å². The number of halogens is 1. The van der Waals surface area contributed by atoms with Crippen molar-refractivity contribution < 1.29 is 14.3 Å². The van der Waals surface area contributed by atoms with Gasteiger partial charge in [-0.05, 0) is 24.6 Å². The van der Waals surface area contributed by atoms with E-state index in [1.807, 2.05) is 4.90 Å². The van der Waals surface area contributed by atoms with Crippen LogP contribution in [0.3, 0.4) is 0 Å². The van der Waals surface area contributed by atoms with Crippen molar-refractivity contribution in [3.8, 4) is 0 Å². The molecule has 2 aliphatic heterocycles. The van der Waals surface area contributed by atoms with Gasteiger partial charge in [-0.25, -0.2) is 0 Å². The van der Waals surface area contributed by atoms with E-state index < -0.39 is 0 Å². The summed E-state index contributed by atoms with van der Waals surface area (Å²) in [4.78, 5) is 28.8. The molecule has 1 aromatic carbocycles. The van der Waals surface area contributed by atoms with Gasteiger partial charge in [0.15, 0.2) is 0 Å². The first-order valence-electron chi connectivity index (χ1n) is 8.30. The standard InChI is InChI=1S/C17H22ClN3O3/c18-14-4-1-3-13(11-14)16(22)20-6-2-7-21(9-8-20)17(23)15-12-24-10-5-19-15/h1,3-4,11,15,19H,2,5-10,12H2. The van der Waals surface area contributed by atoms with Crippen molar-refractivity contribution in [1.82, 2.24) is 15.1 Å². The van der Waals surface area contributed by atoms with Gasteiger partial charge >= 0.3 is 0 Å². The summed E-state index contributed by atoms with van der Waals surface area (Å²) in [5.41, 5.74) is 0.588. The number of nitrogens with one attached hydrogen (secondary N) is 1. The van der Waals surface area contributed by atoms with E-state index in [1.165, 1.54) is 0 Å². The molecule has 3 rings (SSSR count). The maximum atomic E-state index is 12.6. The van der Waals surface area contributed by atoms with E-state index >= 15 is 0 Å². The first-order valence-corrected chi connectivity index (χ1v) is 8.68. The average molecular weight is 352 g/mol. The van der Waals surface area contributed by atoms with Crippen molar-refractivity contribution in [1.29, 1.82) is 0 Å². The zero-order valence-corrected chi connectivity index (χ0v) is 14.3. The largest absolute Gasteiger partial charge is 0.378 e. The summed E-state index contributed by atoms with van der Waals surface area (Å²) >= 11 is 5.97. The Kier molecular flexibility index (Phi) is 5.71. The molecular weight excluding hydrogens is 330 g/mol. The molecule has 1 aromatic rings. The fraction of sp³-hybridized carbons (Fsp3) is 0.529. The van der Waals surface area contributed by atoms with Gasteiger partial charge in [0.1, 0.15) is 6.04 Å². The number of carbonyl (C=O) groups is 2. The van der Waals surface area contributed by atoms with Crippen LogP contribution in [0.15, 0.2) is 24.3 Å². The van der Waals surface area contributed by atoms with Crippen LogP contribution in [-0.4, -0.2) is 73.6 Å². The third-order valence-corrected chi connectivity index (χ3v) is 4.62. The lowest BCUT2D eigenvalue weighted by molar-refractivity contribution is -0.136. The lowest BCUT2D eigenvalue weighted by atomic mass is 10.2. The van der Waals surface area contributed by atoms with Crippen molar-refractivity contribution in [3.05, 3.63) is 34.9 Å². The Morgan fingerprint density at radius 2 is 1.96 bits per heavy atom. The smallest absolute Gasteiger partial charge is 0.253 e. The number of benzene rings is 1. The molecule has 2 aliphatic rings. The molecule has 0 aromatic heterocycles. The zero-order valence-electron chi connectivity index (χ0n) is 13.5. The molecule has 0 aliphatic carbocycles. The molecule has 6 nitrogen and oxygen atoms in total. The fourth-order valence-electron chi connectivity index (χ4n) is 3.09. The molecule has 0 radical (unpaired) electrons. The average Bonchev–Trinajstić information content (AvgIpc) is 2.87. The first kappa shape index (κ1) is 17.2. The van der Waals surface area contributed by atoms with Crippen LogP contribution in [0.4, 0.5) is 0 Å². The molecular formula is C17H22ClN3O3. The second-order valence-electron chi connectivity index (χ2n) is 6.06. The number of carbonyl (C=O) groups excluding carboxylic acids is 2. The minimum atomic E-state index is -0.270. The fourth-order valence-corrected chi connectivity index (χ4v) is 3.28. The molecule has 2 heterocycles. The lowest BCUT2D eigenvalue weighted by Gasteiger charge is -2.29. The second kappa shape index (κ2) is 7.96. The van der Waals surface area contributed by atoms with E-state index in [0.29, 0.717) is 56.5 Å². The summed E-state index contributed by atoms with van der Waals surface area (Å²) in [5.74, 6) is 0.0256. The van der Waals surface area contributed by atoms with Crippen LogP contribution in [-0.2, 0) is 9.53 Å². The molecule has 1 atom stereocenters. The minimum Gasteiger partial charge on any atom is -0.378 e. The van der Waals surface area contributed by atoms with E-state index in [-0.39, 0.29) is 17.9 Å². The van der Waals surface area contributed by atoms with Crippen LogP contribution in [0.2, 0.25) is 5.02 Å². The highest BCUT2D eigenvalue weighted by molar-refractivity contribution is 6.30. The third kappa shape index (κ3) is 4.06. The van der Waals surface area contributed by atoms with Gasteiger partial charge < -0.3 is 19.9 Å². The summed E-state index contributed by atoms with van der Waals surface area (Å²) in [6.07, 6.45) is 0.769. The molecule has 2 amide bonds. The van der Waals surface area contributed by atoms with E-state index in [0.717, 1.165) is 6.42 Å². The van der Waals surface area contributed by atoms with Gasteiger partial charge in [-0.15, -0.1) is 0 Å². The number of nitrogens with zero attached hydrogens (tertiary/aromatic N) is 2. The van der Waals surface area contributed by atoms with E-state index in [1.54, 1.807) is 29.2 Å². The number of ether oxygens (including phenoxy) is 1. The van der Waals surface area contributed by atoms with Crippen LogP contribution in [0, 0.1) is 0 Å². The number of rotatable bonds is 2. The highest BCUT2D eigenvalue weighted by Crippen LogP contribution is 2.15. The Labute approximate surface area is 146 Å². The van der Waals surface area contributed by atoms with Gasteiger partial charge in [0, 0.05) is 43.3 Å². The molecule has 130 valence electrons. The molecule has 1 N–H and O–H groups in total. The van der Waals surface area contributed by atoms with Crippen molar-refractivity contribution >= 4 is 23.4 Å². The predicted molar refractivity (Wildman–Crippen MR) is 91.2 cm³/mol. The van der Waals surface area contributed by atoms with Crippen LogP contribution in [0.1, 0.15) is 16.8 Å². The van der Waals surface area contributed by atoms with Gasteiger partial charge in [0.05, 0.1) is 13.2 Å². The van der Waals surface area contributed by atoms with Crippen LogP contribution < -0.4 is 5.32 Å². The maximum absolute atomic E-state index is 12.6. The molecule has 2 saturated heterocycles. The minimum absolute atomic E-state index is 0.0362. The normalized spacial score (nSPS) is 22.1. The van der Waals surface area contributed by atoms with Gasteiger partial charge in [-0.3, -0.25) is 9.59 Å². The highest BCUT2D eigenvalue weighted by atomic mass is 35.5. The quantitative estimate of drug-likeness (QED) is 0.863. The van der Waals surface area contributed by atoms with Gasteiger partial charge in [-0.1, -0.05) is 17.7 Å². The van der Waals surface area contributed by atoms with Crippen molar-refractivity contribution in [3.63, 3.8) is 0 Å². The SMILES string of the molecule is O=C(c1cccc(Cl)c1)N1CCCN(C(=O)C2COCCN2)CC1. The number of hydrogen-bond acceptors (Lipinski definition) is 4. The Balaban J connectivity index is 1.60. The Morgan fingerprint density at radius 1 is 1.17 bits per heavy atom. The summed E-state index contributed by atoms with van der Waals surface area (Å²) < 4.78 is 5.37. The van der Waals surface area contributed by atoms with Crippen molar-refractivity contribution in [2.75, 3.05) is 45.9 Å². The van der Waals surface area contributed by atoms with E-state index in [9.17, 15) is 9.59 Å². The van der Waals surface area contributed by atoms with Crippen LogP contribution >= 0.6 is 11.6 Å². The molecule has 0 saturated carbocycles. The first-order chi connectivity index (χ1) is 11.6. The molecule has 2 fully saturated rings. The Morgan fingerprint density at radius 3 is 2.71 bits per heavy atom. The molecule has 24 heavy (non-hydrogen) atoms. The Hall–Kier alpha value is -1.63. The predicted octanol–water partition coefficient (Wildman–Crippen LogP) is 1.00. The molecule has 1 unspecified atom stereocenters. The van der Waals surface area contributed by atoms with E-state index in [4.69, 9.17) is 16.3 Å². The summed E-state index contributed by atoms with van der Waals surface area (Å²) in [5, 5.41) is 3.74. The lowest BCUT2D eigenvalue weighted by Crippen LogP contribution is -2.53. The Bertz CT molecular complexity index is 604. The number of amides is 2. The molecule has 0 spiro atoms. The topological polar surface area (TPSA) is 61.9 Å². The van der Waals surface area contributed by atoms with Crippen molar-refractivity contribution in [2.24, 2.45) is 0 Å². The molecule has 7 heteroatoms. The molecule has 0 bridgehead atoms.